The van der Waals surface area contributed by atoms with E-state index >= 15 is 0 Å². The van der Waals surface area contributed by atoms with Gasteiger partial charge in [0.15, 0.2) is 0 Å². The smallest absolute Gasteiger partial charge is 0.253 e. The van der Waals surface area contributed by atoms with Crippen LogP contribution in [0.5, 0.6) is 0 Å². The van der Waals surface area contributed by atoms with E-state index in [1.54, 1.807) is 0 Å². The van der Waals surface area contributed by atoms with Gasteiger partial charge in [0.1, 0.15) is 6.10 Å². The zero-order chi connectivity index (χ0) is 11.8. The summed E-state index contributed by atoms with van der Waals surface area (Å²) in [5.74, 6) is 1.50. The zero-order valence-corrected chi connectivity index (χ0v) is 10.3. The van der Waals surface area contributed by atoms with Crippen LogP contribution in [0.1, 0.15) is 6.92 Å². The normalized spacial score (nSPS) is 41.6. The summed E-state index contributed by atoms with van der Waals surface area (Å²) in [6.45, 7) is 7.46. The van der Waals surface area contributed by atoms with Crippen LogP contribution in [0.15, 0.2) is 0 Å². The number of hydrogen-bond acceptors (Lipinski definition) is 4. The average Bonchev–Trinajstić information content (AvgIpc) is 2.88. The van der Waals surface area contributed by atoms with Crippen molar-refractivity contribution < 1.29 is 9.53 Å². The van der Waals surface area contributed by atoms with E-state index < -0.39 is 0 Å². The van der Waals surface area contributed by atoms with E-state index in [2.05, 4.69) is 10.6 Å². The summed E-state index contributed by atoms with van der Waals surface area (Å²) in [5, 5.41) is 6.64. The fourth-order valence-corrected chi connectivity index (χ4v) is 3.18. The highest BCUT2D eigenvalue weighted by Crippen LogP contribution is 2.27. The molecule has 0 saturated carbocycles. The van der Waals surface area contributed by atoms with Crippen LogP contribution in [0.3, 0.4) is 0 Å². The van der Waals surface area contributed by atoms with Crippen LogP contribution in [0.25, 0.3) is 0 Å². The largest absolute Gasteiger partial charge is 0.363 e. The fraction of sp³-hybridized carbons (Fsp3) is 0.917. The molecule has 3 saturated heterocycles. The zero-order valence-electron chi connectivity index (χ0n) is 10.3. The van der Waals surface area contributed by atoms with Crippen molar-refractivity contribution in [3.05, 3.63) is 0 Å². The number of rotatable bonds is 1. The molecule has 0 aromatic carbocycles. The number of nitrogens with zero attached hydrogens (tertiary/aromatic N) is 1. The molecule has 3 heterocycles. The van der Waals surface area contributed by atoms with Gasteiger partial charge in [-0.25, -0.2) is 0 Å². The Morgan fingerprint density at radius 1 is 1.12 bits per heavy atom. The highest BCUT2D eigenvalue weighted by molar-refractivity contribution is 5.81. The van der Waals surface area contributed by atoms with Gasteiger partial charge in [0.25, 0.3) is 5.91 Å². The Labute approximate surface area is 102 Å². The van der Waals surface area contributed by atoms with Crippen LogP contribution >= 0.6 is 0 Å². The first-order chi connectivity index (χ1) is 8.24. The average molecular weight is 239 g/mol. The van der Waals surface area contributed by atoms with Gasteiger partial charge in [0, 0.05) is 39.3 Å². The summed E-state index contributed by atoms with van der Waals surface area (Å²) < 4.78 is 5.71. The summed E-state index contributed by atoms with van der Waals surface area (Å²) in [4.78, 5) is 14.3. The molecule has 5 heteroatoms. The van der Waals surface area contributed by atoms with Crippen molar-refractivity contribution >= 4 is 5.91 Å². The van der Waals surface area contributed by atoms with E-state index in [4.69, 9.17) is 4.74 Å². The SMILES string of the molecule is C[C@@H]1CNC[C@H](C(=O)N2CC3CNCC3C2)O1. The number of morpholine rings is 1. The quantitative estimate of drug-likeness (QED) is 0.619. The van der Waals surface area contributed by atoms with Crippen molar-refractivity contribution in [2.24, 2.45) is 11.8 Å². The number of nitrogens with one attached hydrogen (secondary N) is 2. The highest BCUT2D eigenvalue weighted by atomic mass is 16.5. The van der Waals surface area contributed by atoms with Crippen molar-refractivity contribution in [2.75, 3.05) is 39.3 Å². The van der Waals surface area contributed by atoms with Gasteiger partial charge in [-0.1, -0.05) is 0 Å². The van der Waals surface area contributed by atoms with E-state index in [9.17, 15) is 4.79 Å². The molecule has 0 aromatic heterocycles. The molecule has 96 valence electrons. The Bertz CT molecular complexity index is 298. The van der Waals surface area contributed by atoms with Crippen LogP contribution in [-0.2, 0) is 9.53 Å². The molecule has 0 radical (unpaired) electrons. The Morgan fingerprint density at radius 3 is 2.41 bits per heavy atom. The summed E-state index contributed by atoms with van der Waals surface area (Å²) in [6, 6.07) is 0. The molecule has 2 unspecified atom stereocenters. The standard InChI is InChI=1S/C12H21N3O2/c1-8-2-13-5-11(17-8)12(16)15-6-9-3-14-4-10(9)7-15/h8-11,13-14H,2-7H2,1H3/t8-,9?,10?,11-/m1/s1. The molecular formula is C12H21N3O2. The lowest BCUT2D eigenvalue weighted by Crippen LogP contribution is -2.51. The molecule has 0 aromatic rings. The van der Waals surface area contributed by atoms with E-state index in [1.165, 1.54) is 0 Å². The molecule has 3 rings (SSSR count). The number of ether oxygens (including phenoxy) is 1. The molecule has 3 fully saturated rings. The third-order valence-corrected chi connectivity index (χ3v) is 4.13. The maximum Gasteiger partial charge on any atom is 0.253 e. The predicted molar refractivity (Wildman–Crippen MR) is 63.6 cm³/mol. The third kappa shape index (κ3) is 2.19. The van der Waals surface area contributed by atoms with Crippen LogP contribution in [0.4, 0.5) is 0 Å². The molecule has 0 bridgehead atoms. The fourth-order valence-electron chi connectivity index (χ4n) is 3.18. The van der Waals surface area contributed by atoms with Gasteiger partial charge in [-0.15, -0.1) is 0 Å². The third-order valence-electron chi connectivity index (χ3n) is 4.13. The molecule has 3 aliphatic heterocycles. The van der Waals surface area contributed by atoms with Gasteiger partial charge >= 0.3 is 0 Å². The second-order valence-electron chi connectivity index (χ2n) is 5.52. The first-order valence-corrected chi connectivity index (χ1v) is 6.59. The summed E-state index contributed by atoms with van der Waals surface area (Å²) in [6.07, 6.45) is -0.132. The molecule has 1 amide bonds. The van der Waals surface area contributed by atoms with Crippen molar-refractivity contribution in [2.45, 2.75) is 19.1 Å². The minimum absolute atomic E-state index is 0.140. The van der Waals surface area contributed by atoms with Crippen molar-refractivity contribution in [3.8, 4) is 0 Å². The Kier molecular flexibility index (Phi) is 3.06. The number of carbonyl (C=O) groups excluding carboxylic acids is 1. The Hall–Kier alpha value is -0.650. The molecule has 5 nitrogen and oxygen atoms in total. The maximum absolute atomic E-state index is 12.3. The number of likely N-dealkylation sites (tertiary alicyclic amines) is 1. The lowest BCUT2D eigenvalue weighted by atomic mass is 10.0. The van der Waals surface area contributed by atoms with Crippen LogP contribution < -0.4 is 10.6 Å². The maximum atomic E-state index is 12.3. The minimum atomic E-state index is -0.273. The van der Waals surface area contributed by atoms with Crippen LogP contribution in [0.2, 0.25) is 0 Å². The van der Waals surface area contributed by atoms with Gasteiger partial charge in [-0.2, -0.15) is 0 Å². The monoisotopic (exact) mass is 239 g/mol. The van der Waals surface area contributed by atoms with Gasteiger partial charge < -0.3 is 20.3 Å². The topological polar surface area (TPSA) is 53.6 Å². The molecule has 3 aliphatic rings. The Morgan fingerprint density at radius 2 is 1.76 bits per heavy atom. The number of carbonyl (C=O) groups is 1. The molecule has 0 aliphatic carbocycles. The van der Waals surface area contributed by atoms with E-state index in [0.29, 0.717) is 18.4 Å². The summed E-state index contributed by atoms with van der Waals surface area (Å²) in [5.41, 5.74) is 0. The molecular weight excluding hydrogens is 218 g/mol. The highest BCUT2D eigenvalue weighted by Gasteiger charge is 2.40. The van der Waals surface area contributed by atoms with Gasteiger partial charge in [0.2, 0.25) is 0 Å². The number of hydrogen-bond donors (Lipinski definition) is 2. The van der Waals surface area contributed by atoms with Gasteiger partial charge in [-0.3, -0.25) is 4.79 Å². The minimum Gasteiger partial charge on any atom is -0.363 e. The first-order valence-electron chi connectivity index (χ1n) is 6.59. The van der Waals surface area contributed by atoms with Gasteiger partial charge in [-0.05, 0) is 18.8 Å². The van der Waals surface area contributed by atoms with E-state index in [0.717, 1.165) is 32.7 Å². The lowest BCUT2D eigenvalue weighted by Gasteiger charge is -2.31. The van der Waals surface area contributed by atoms with Crippen LogP contribution in [0, 0.1) is 11.8 Å². The summed E-state index contributed by atoms with van der Waals surface area (Å²) >= 11 is 0. The molecule has 17 heavy (non-hydrogen) atoms. The van der Waals surface area contributed by atoms with E-state index in [1.807, 2.05) is 11.8 Å². The Balaban J connectivity index is 1.59. The van der Waals surface area contributed by atoms with Crippen LogP contribution in [-0.4, -0.2) is 62.3 Å². The molecule has 2 N–H and O–H groups in total. The first kappa shape index (κ1) is 11.4. The number of amides is 1. The second kappa shape index (κ2) is 4.55. The predicted octanol–water partition coefficient (Wildman–Crippen LogP) is -0.959. The van der Waals surface area contributed by atoms with E-state index in [-0.39, 0.29) is 18.1 Å². The lowest BCUT2D eigenvalue weighted by molar-refractivity contribution is -0.148. The molecule has 0 spiro atoms. The molecule has 4 atom stereocenters. The second-order valence-corrected chi connectivity index (χ2v) is 5.52. The van der Waals surface area contributed by atoms with Gasteiger partial charge in [0.05, 0.1) is 6.10 Å². The van der Waals surface area contributed by atoms with Crippen molar-refractivity contribution in [3.63, 3.8) is 0 Å². The van der Waals surface area contributed by atoms with Crippen molar-refractivity contribution in [1.29, 1.82) is 0 Å². The van der Waals surface area contributed by atoms with Crippen molar-refractivity contribution in [1.82, 2.24) is 15.5 Å². The summed E-state index contributed by atoms with van der Waals surface area (Å²) in [7, 11) is 0. The number of fused-ring (bicyclic) bond motifs is 1.